The van der Waals surface area contributed by atoms with Crippen molar-refractivity contribution in [1.82, 2.24) is 10.0 Å². The lowest BCUT2D eigenvalue weighted by atomic mass is 9.75. The molecule has 3 aromatic rings. The van der Waals surface area contributed by atoms with Crippen molar-refractivity contribution in [2.45, 2.75) is 68.0 Å². The fourth-order valence-corrected chi connectivity index (χ4v) is 7.49. The lowest BCUT2D eigenvalue weighted by molar-refractivity contribution is -0.120. The largest absolute Gasteiger partial charge is 0.392 e. The molecule has 0 amide bonds. The zero-order valence-corrected chi connectivity index (χ0v) is 28.1. The maximum absolute atomic E-state index is 15.4. The monoisotopic (exact) mass is 703 g/mol. The normalized spacial score (nSPS) is 16.4. The molecular formula is C34H40ClF2N5O5S. The van der Waals surface area contributed by atoms with Gasteiger partial charge in [-0.3, -0.25) is 4.79 Å². The highest BCUT2D eigenvalue weighted by Gasteiger charge is 2.36. The Balaban J connectivity index is 1.58. The van der Waals surface area contributed by atoms with Gasteiger partial charge in [-0.1, -0.05) is 41.0 Å². The zero-order chi connectivity index (χ0) is 34.7. The van der Waals surface area contributed by atoms with Gasteiger partial charge in [-0.25, -0.2) is 21.9 Å². The molecular weight excluding hydrogens is 664 g/mol. The third-order valence-electron chi connectivity index (χ3n) is 8.47. The number of hydrogen-bond acceptors (Lipinski definition) is 7. The SMILES string of the molecule is C[C@H](O)CNC[C@H](CCc1c(F)cccc1CC(=O)[C@@H](N=[N+]=[N-])[C@@H](c1ccc(Cl)cc1)C1CCOCC1)NS(=O)(=O)c1ccc(F)cc1. The summed E-state index contributed by atoms with van der Waals surface area (Å²) in [5.41, 5.74) is 11.0. The third kappa shape index (κ3) is 10.5. The maximum Gasteiger partial charge on any atom is 0.240 e. The van der Waals surface area contributed by atoms with E-state index in [2.05, 4.69) is 20.1 Å². The molecule has 1 aliphatic heterocycles. The molecule has 0 aromatic heterocycles. The van der Waals surface area contributed by atoms with Gasteiger partial charge in [0.05, 0.1) is 11.0 Å². The molecule has 258 valence electrons. The van der Waals surface area contributed by atoms with E-state index in [-0.39, 0.29) is 54.5 Å². The molecule has 10 nitrogen and oxygen atoms in total. The number of Topliss-reactive ketones (excluding diaryl/α,β-unsaturated/α-hetero) is 1. The Labute approximate surface area is 284 Å². The van der Waals surface area contributed by atoms with E-state index in [1.54, 1.807) is 25.1 Å². The van der Waals surface area contributed by atoms with E-state index >= 15 is 4.39 Å². The van der Waals surface area contributed by atoms with Crippen molar-refractivity contribution < 1.29 is 31.8 Å². The van der Waals surface area contributed by atoms with Gasteiger partial charge in [0, 0.05) is 54.6 Å². The number of carbonyl (C=O) groups excluding carboxylic acids is 1. The number of benzene rings is 3. The van der Waals surface area contributed by atoms with Crippen LogP contribution in [0, 0.1) is 17.6 Å². The third-order valence-corrected chi connectivity index (χ3v) is 10.3. The van der Waals surface area contributed by atoms with Gasteiger partial charge in [0.15, 0.2) is 0 Å². The smallest absolute Gasteiger partial charge is 0.240 e. The minimum atomic E-state index is -4.07. The fraction of sp³-hybridized carbons (Fsp3) is 0.441. The van der Waals surface area contributed by atoms with Gasteiger partial charge in [-0.15, -0.1) is 0 Å². The van der Waals surface area contributed by atoms with Crippen molar-refractivity contribution in [3.8, 4) is 0 Å². The van der Waals surface area contributed by atoms with Gasteiger partial charge in [0.2, 0.25) is 10.0 Å². The maximum atomic E-state index is 15.4. The Morgan fingerprint density at radius 1 is 1.08 bits per heavy atom. The molecule has 0 bridgehead atoms. The van der Waals surface area contributed by atoms with Gasteiger partial charge in [0.1, 0.15) is 23.5 Å². The Morgan fingerprint density at radius 3 is 2.42 bits per heavy atom. The summed E-state index contributed by atoms with van der Waals surface area (Å²) in [5.74, 6) is -1.97. The molecule has 0 spiro atoms. The Kier molecular flexibility index (Phi) is 13.9. The highest BCUT2D eigenvalue weighted by atomic mass is 35.5. The molecule has 4 rings (SSSR count). The number of halogens is 3. The summed E-state index contributed by atoms with van der Waals surface area (Å²) in [6, 6.07) is 14.1. The first kappa shape index (κ1) is 37.4. The van der Waals surface area contributed by atoms with Crippen LogP contribution in [0.5, 0.6) is 0 Å². The Bertz CT molecular complexity index is 1670. The number of aliphatic hydroxyl groups is 1. The van der Waals surface area contributed by atoms with Crippen molar-refractivity contribution in [2.75, 3.05) is 26.3 Å². The van der Waals surface area contributed by atoms with Crippen LogP contribution in [0.25, 0.3) is 10.4 Å². The highest BCUT2D eigenvalue weighted by Crippen LogP contribution is 2.38. The summed E-state index contributed by atoms with van der Waals surface area (Å²) in [5, 5.41) is 17.2. The summed E-state index contributed by atoms with van der Waals surface area (Å²) in [4.78, 5) is 16.9. The fourth-order valence-electron chi connectivity index (χ4n) is 6.09. The van der Waals surface area contributed by atoms with Crippen LogP contribution in [-0.4, -0.2) is 63.8 Å². The molecule has 0 saturated carbocycles. The van der Waals surface area contributed by atoms with Crippen molar-refractivity contribution in [3.05, 3.63) is 111 Å². The van der Waals surface area contributed by atoms with Crippen LogP contribution in [0.15, 0.2) is 76.7 Å². The predicted molar refractivity (Wildman–Crippen MR) is 179 cm³/mol. The molecule has 1 fully saturated rings. The van der Waals surface area contributed by atoms with Crippen molar-refractivity contribution in [3.63, 3.8) is 0 Å². The first-order valence-electron chi connectivity index (χ1n) is 15.8. The number of ketones is 1. The van der Waals surface area contributed by atoms with Gasteiger partial charge >= 0.3 is 0 Å². The van der Waals surface area contributed by atoms with E-state index in [4.69, 9.17) is 16.3 Å². The standard InChI is InChI=1S/C34H40ClF2N5O5S/c1-22(43)20-39-21-28(41-48(45,46)29-12-9-27(36)10-13-29)11-14-30-25(3-2-4-31(30)37)19-32(44)34(40-42-38)33(24-15-17-47-18-16-24)23-5-7-26(35)8-6-23/h2-10,12-13,22,24,28,33-34,39,41,43H,11,14-21H2,1H3/t22-,28-,33-,34+/m0/s1. The predicted octanol–water partition coefficient (Wildman–Crippen LogP) is 5.87. The van der Waals surface area contributed by atoms with Crippen molar-refractivity contribution >= 4 is 27.4 Å². The highest BCUT2D eigenvalue weighted by molar-refractivity contribution is 7.89. The van der Waals surface area contributed by atoms with Gasteiger partial charge in [-0.05, 0) is 103 Å². The summed E-state index contributed by atoms with van der Waals surface area (Å²) in [6.45, 7) is 2.91. The minimum Gasteiger partial charge on any atom is -0.392 e. The van der Waals surface area contributed by atoms with E-state index in [0.717, 1.165) is 29.8 Å². The molecule has 1 aliphatic rings. The van der Waals surface area contributed by atoms with E-state index < -0.39 is 45.8 Å². The number of nitrogens with zero attached hydrogens (tertiary/aromatic N) is 3. The summed E-state index contributed by atoms with van der Waals surface area (Å²) in [7, 11) is -4.07. The van der Waals surface area contributed by atoms with Crippen LogP contribution < -0.4 is 10.0 Å². The number of sulfonamides is 1. The molecule has 4 atom stereocenters. The van der Waals surface area contributed by atoms with Crippen LogP contribution in [-0.2, 0) is 32.4 Å². The summed E-state index contributed by atoms with van der Waals surface area (Å²) < 4.78 is 63.2. The number of ether oxygens (including phenoxy) is 1. The number of hydrogen-bond donors (Lipinski definition) is 3. The number of azide groups is 1. The summed E-state index contributed by atoms with van der Waals surface area (Å²) in [6.07, 6.45) is 0.629. The lowest BCUT2D eigenvalue weighted by Crippen LogP contribution is -2.43. The number of aliphatic hydroxyl groups excluding tert-OH is 1. The van der Waals surface area contributed by atoms with Crippen LogP contribution in [0.2, 0.25) is 5.02 Å². The van der Waals surface area contributed by atoms with Gasteiger partial charge < -0.3 is 15.2 Å². The average Bonchev–Trinajstić information content (AvgIpc) is 3.05. The second-order valence-corrected chi connectivity index (χ2v) is 14.2. The van der Waals surface area contributed by atoms with Crippen LogP contribution in [0.4, 0.5) is 8.78 Å². The summed E-state index contributed by atoms with van der Waals surface area (Å²) >= 11 is 6.14. The zero-order valence-electron chi connectivity index (χ0n) is 26.6. The topological polar surface area (TPSA) is 153 Å². The quantitative estimate of drug-likeness (QED) is 0.0908. The second-order valence-electron chi connectivity index (χ2n) is 12.0. The van der Waals surface area contributed by atoms with E-state index in [0.29, 0.717) is 36.6 Å². The van der Waals surface area contributed by atoms with Gasteiger partial charge in [-0.2, -0.15) is 0 Å². The first-order chi connectivity index (χ1) is 23.0. The number of rotatable bonds is 17. The van der Waals surface area contributed by atoms with Crippen LogP contribution in [0.1, 0.15) is 48.8 Å². The lowest BCUT2D eigenvalue weighted by Gasteiger charge is -2.34. The van der Waals surface area contributed by atoms with Crippen LogP contribution in [0.3, 0.4) is 0 Å². The van der Waals surface area contributed by atoms with Crippen molar-refractivity contribution in [1.29, 1.82) is 0 Å². The average molecular weight is 704 g/mol. The Morgan fingerprint density at radius 2 is 1.77 bits per heavy atom. The molecule has 14 heteroatoms. The van der Waals surface area contributed by atoms with E-state index in [1.807, 2.05) is 12.1 Å². The second kappa shape index (κ2) is 17.8. The molecule has 0 unspecified atom stereocenters. The van der Waals surface area contributed by atoms with E-state index in [9.17, 15) is 28.2 Å². The van der Waals surface area contributed by atoms with E-state index in [1.165, 1.54) is 12.1 Å². The van der Waals surface area contributed by atoms with Gasteiger partial charge in [0.25, 0.3) is 0 Å². The Hall–Kier alpha value is -3.42. The molecule has 0 radical (unpaired) electrons. The molecule has 1 saturated heterocycles. The molecule has 3 aromatic carbocycles. The number of nitrogens with one attached hydrogen (secondary N) is 2. The molecule has 48 heavy (non-hydrogen) atoms. The first-order valence-corrected chi connectivity index (χ1v) is 17.7. The molecule has 1 heterocycles. The molecule has 3 N–H and O–H groups in total. The van der Waals surface area contributed by atoms with Crippen LogP contribution >= 0.6 is 11.6 Å². The molecule has 0 aliphatic carbocycles. The number of carbonyl (C=O) groups is 1. The minimum absolute atomic E-state index is 0.00427. The van der Waals surface area contributed by atoms with Crippen molar-refractivity contribution in [2.24, 2.45) is 11.0 Å².